The van der Waals surface area contributed by atoms with Gasteiger partial charge < -0.3 is 5.73 Å². The first-order chi connectivity index (χ1) is 7.59. The number of pyridine rings is 1. The predicted molar refractivity (Wildman–Crippen MR) is 64.2 cm³/mol. The first-order valence-corrected chi connectivity index (χ1v) is 5.04. The normalized spacial score (nSPS) is 10.3. The van der Waals surface area contributed by atoms with Gasteiger partial charge in [-0.3, -0.25) is 14.3 Å². The van der Waals surface area contributed by atoms with Crippen molar-refractivity contribution in [1.82, 2.24) is 14.5 Å². The molecule has 0 amide bonds. The van der Waals surface area contributed by atoms with Crippen LogP contribution in [-0.2, 0) is 0 Å². The van der Waals surface area contributed by atoms with E-state index in [2.05, 4.69) is 9.97 Å². The van der Waals surface area contributed by atoms with E-state index in [-0.39, 0.29) is 16.1 Å². The number of aryl methyl sites for hydroxylation is 1. The molecule has 2 heterocycles. The second-order valence-corrected chi connectivity index (χ2v) is 3.73. The Bertz CT molecular complexity index is 644. The van der Waals surface area contributed by atoms with Gasteiger partial charge in [0.25, 0.3) is 5.56 Å². The Balaban J connectivity index is 2.80. The van der Waals surface area contributed by atoms with Gasteiger partial charge in [0.15, 0.2) is 4.77 Å². The van der Waals surface area contributed by atoms with Crippen molar-refractivity contribution in [2.24, 2.45) is 0 Å². The van der Waals surface area contributed by atoms with Crippen LogP contribution in [0, 0.1) is 11.7 Å². The number of hydrogen-bond donors (Lipinski definition) is 2. The molecule has 3 N–H and O–H groups in total. The number of aromatic nitrogens is 3. The lowest BCUT2D eigenvalue weighted by Crippen LogP contribution is -2.16. The topological polar surface area (TPSA) is 76.7 Å². The lowest BCUT2D eigenvalue weighted by Gasteiger charge is -2.10. The number of hydrogen-bond acceptors (Lipinski definition) is 4. The zero-order valence-electron chi connectivity index (χ0n) is 8.60. The van der Waals surface area contributed by atoms with Crippen LogP contribution in [0.25, 0.3) is 5.82 Å². The molecule has 0 saturated heterocycles. The van der Waals surface area contributed by atoms with Gasteiger partial charge in [-0.15, -0.1) is 0 Å². The summed E-state index contributed by atoms with van der Waals surface area (Å²) in [4.78, 5) is 17.8. The van der Waals surface area contributed by atoms with Gasteiger partial charge in [0, 0.05) is 12.3 Å². The summed E-state index contributed by atoms with van der Waals surface area (Å²) < 4.78 is 1.78. The minimum atomic E-state index is -0.313. The molecule has 0 spiro atoms. The van der Waals surface area contributed by atoms with Crippen LogP contribution in [0.15, 0.2) is 29.2 Å². The highest BCUT2D eigenvalue weighted by Crippen LogP contribution is 2.13. The van der Waals surface area contributed by atoms with Crippen molar-refractivity contribution in [2.45, 2.75) is 6.92 Å². The van der Waals surface area contributed by atoms with Crippen LogP contribution >= 0.6 is 12.2 Å². The third-order valence-corrected chi connectivity index (χ3v) is 2.45. The summed E-state index contributed by atoms with van der Waals surface area (Å²) in [5.74, 6) is 0.900. The number of nitrogens with one attached hydrogen (secondary N) is 1. The highest BCUT2D eigenvalue weighted by Gasteiger charge is 2.06. The Morgan fingerprint density at radius 1 is 1.56 bits per heavy atom. The van der Waals surface area contributed by atoms with E-state index in [0.717, 1.165) is 5.56 Å². The fourth-order valence-corrected chi connectivity index (χ4v) is 1.74. The Morgan fingerprint density at radius 2 is 2.31 bits per heavy atom. The van der Waals surface area contributed by atoms with Crippen LogP contribution in [0.2, 0.25) is 0 Å². The van der Waals surface area contributed by atoms with Crippen LogP contribution in [-0.4, -0.2) is 14.5 Å². The molecule has 0 aliphatic carbocycles. The zero-order valence-corrected chi connectivity index (χ0v) is 9.41. The van der Waals surface area contributed by atoms with Crippen LogP contribution in [0.5, 0.6) is 0 Å². The number of H-pyrrole nitrogens is 1. The molecule has 0 atom stereocenters. The predicted octanol–water partition coefficient (Wildman–Crippen LogP) is 1.18. The molecule has 5 nitrogen and oxygen atoms in total. The van der Waals surface area contributed by atoms with Crippen molar-refractivity contribution in [2.75, 3.05) is 5.73 Å². The van der Waals surface area contributed by atoms with Crippen LogP contribution < -0.4 is 11.3 Å². The van der Waals surface area contributed by atoms with Crippen molar-refractivity contribution in [3.8, 4) is 5.82 Å². The standard InChI is InChI=1S/C10H10N4OS/c1-6-3-2-4-12-9(6)14-7(11)5-8(15)13-10(14)16/h2-5H,11H2,1H3,(H,13,15,16). The monoisotopic (exact) mass is 234 g/mol. The fourth-order valence-electron chi connectivity index (χ4n) is 1.44. The molecule has 0 saturated carbocycles. The SMILES string of the molecule is Cc1cccnc1-n1c(N)cc(=O)[nH]c1=S. The fraction of sp³-hybridized carbons (Fsp3) is 0.100. The Morgan fingerprint density at radius 3 is 2.94 bits per heavy atom. The summed E-state index contributed by atoms with van der Waals surface area (Å²) in [6.07, 6.45) is 1.65. The average molecular weight is 234 g/mol. The van der Waals surface area contributed by atoms with Crippen molar-refractivity contribution >= 4 is 18.0 Å². The van der Waals surface area contributed by atoms with Gasteiger partial charge in [0.1, 0.15) is 11.6 Å². The number of rotatable bonds is 1. The lowest BCUT2D eigenvalue weighted by atomic mass is 10.3. The van der Waals surface area contributed by atoms with Crippen molar-refractivity contribution in [1.29, 1.82) is 0 Å². The van der Waals surface area contributed by atoms with Gasteiger partial charge in [-0.2, -0.15) is 0 Å². The zero-order chi connectivity index (χ0) is 11.7. The first-order valence-electron chi connectivity index (χ1n) is 4.63. The number of nitrogens with two attached hydrogens (primary N) is 1. The molecule has 82 valence electrons. The Hall–Kier alpha value is -1.95. The van der Waals surface area contributed by atoms with Gasteiger partial charge in [0.2, 0.25) is 0 Å². The Labute approximate surface area is 96.6 Å². The van der Waals surface area contributed by atoms with Gasteiger partial charge in [-0.1, -0.05) is 6.07 Å². The number of anilines is 1. The number of aromatic amines is 1. The highest BCUT2D eigenvalue weighted by molar-refractivity contribution is 7.71. The molecule has 2 rings (SSSR count). The summed E-state index contributed by atoms with van der Waals surface area (Å²) in [6.45, 7) is 1.90. The second kappa shape index (κ2) is 3.90. The number of nitrogens with zero attached hydrogens (tertiary/aromatic N) is 2. The highest BCUT2D eigenvalue weighted by atomic mass is 32.1. The van der Waals surface area contributed by atoms with E-state index < -0.39 is 0 Å². The van der Waals surface area contributed by atoms with Gasteiger partial charge in [0.05, 0.1) is 0 Å². The van der Waals surface area contributed by atoms with Crippen molar-refractivity contribution < 1.29 is 0 Å². The van der Waals surface area contributed by atoms with Gasteiger partial charge in [-0.25, -0.2) is 4.98 Å². The molecule has 0 radical (unpaired) electrons. The maximum absolute atomic E-state index is 11.1. The quantitative estimate of drug-likeness (QED) is 0.726. The molecule has 2 aromatic heterocycles. The molecule has 0 bridgehead atoms. The molecule has 16 heavy (non-hydrogen) atoms. The molecule has 2 aromatic rings. The molecule has 0 aliphatic heterocycles. The number of nitrogen functional groups attached to an aromatic ring is 1. The average Bonchev–Trinajstić information content (AvgIpc) is 2.19. The molecular formula is C10H10N4OS. The van der Waals surface area contributed by atoms with Crippen molar-refractivity contribution in [3.63, 3.8) is 0 Å². The van der Waals surface area contributed by atoms with E-state index in [0.29, 0.717) is 5.82 Å². The lowest BCUT2D eigenvalue weighted by molar-refractivity contribution is 0.905. The van der Waals surface area contributed by atoms with Crippen LogP contribution in [0.4, 0.5) is 5.82 Å². The van der Waals surface area contributed by atoms with Crippen molar-refractivity contribution in [3.05, 3.63) is 45.1 Å². The summed E-state index contributed by atoms with van der Waals surface area (Å²) in [7, 11) is 0. The van der Waals surface area contributed by atoms with Gasteiger partial charge in [-0.05, 0) is 30.8 Å². The Kier molecular flexibility index (Phi) is 2.57. The third kappa shape index (κ3) is 1.74. The molecule has 0 aromatic carbocycles. The summed E-state index contributed by atoms with van der Waals surface area (Å²) >= 11 is 5.06. The minimum absolute atomic E-state index is 0.242. The van der Waals surface area contributed by atoms with Crippen LogP contribution in [0.1, 0.15) is 5.56 Å². The molecule has 0 aliphatic rings. The maximum atomic E-state index is 11.1. The first kappa shape index (κ1) is 10.6. The van der Waals surface area contributed by atoms with Crippen LogP contribution in [0.3, 0.4) is 0 Å². The molecular weight excluding hydrogens is 224 g/mol. The van der Waals surface area contributed by atoms with E-state index in [1.165, 1.54) is 10.6 Å². The van der Waals surface area contributed by atoms with E-state index in [4.69, 9.17) is 18.0 Å². The van der Waals surface area contributed by atoms with E-state index in [1.807, 2.05) is 19.1 Å². The van der Waals surface area contributed by atoms with Gasteiger partial charge >= 0.3 is 0 Å². The van der Waals surface area contributed by atoms with E-state index in [1.54, 1.807) is 6.20 Å². The molecule has 0 unspecified atom stereocenters. The van der Waals surface area contributed by atoms with E-state index >= 15 is 0 Å². The maximum Gasteiger partial charge on any atom is 0.253 e. The largest absolute Gasteiger partial charge is 0.385 e. The smallest absolute Gasteiger partial charge is 0.253 e. The second-order valence-electron chi connectivity index (χ2n) is 3.34. The molecule has 0 fully saturated rings. The third-order valence-electron chi connectivity index (χ3n) is 2.16. The molecule has 6 heteroatoms. The summed E-state index contributed by atoms with van der Waals surface area (Å²) in [6, 6.07) is 5.00. The van der Waals surface area contributed by atoms with E-state index in [9.17, 15) is 4.79 Å². The minimum Gasteiger partial charge on any atom is -0.385 e. The summed E-state index contributed by atoms with van der Waals surface area (Å²) in [5, 5.41) is 0. The summed E-state index contributed by atoms with van der Waals surface area (Å²) in [5.41, 5.74) is 6.37.